The first-order valence-electron chi connectivity index (χ1n) is 5.41. The van der Waals surface area contributed by atoms with Gasteiger partial charge in [0.15, 0.2) is 0 Å². The van der Waals surface area contributed by atoms with Gasteiger partial charge in [-0.3, -0.25) is 9.59 Å². The van der Waals surface area contributed by atoms with Crippen LogP contribution in [0, 0.1) is 17.0 Å². The van der Waals surface area contributed by atoms with Gasteiger partial charge in [0.05, 0.1) is 11.0 Å². The quantitative estimate of drug-likeness (QED) is 0.858. The average Bonchev–Trinajstić information content (AvgIpc) is 3.07. The van der Waals surface area contributed by atoms with E-state index in [9.17, 15) is 18.4 Å². The number of hydrogen-bond donors (Lipinski definition) is 2. The number of amides is 1. The third-order valence-electron chi connectivity index (χ3n) is 3.07. The summed E-state index contributed by atoms with van der Waals surface area (Å²) < 4.78 is 25.9. The molecule has 2 N–H and O–H groups in total. The van der Waals surface area contributed by atoms with Crippen molar-refractivity contribution < 1.29 is 23.5 Å². The summed E-state index contributed by atoms with van der Waals surface area (Å²) in [5.74, 6) is -3.44. The highest BCUT2D eigenvalue weighted by molar-refractivity contribution is 5.94. The minimum Gasteiger partial charge on any atom is -0.481 e. The van der Waals surface area contributed by atoms with E-state index in [1.165, 1.54) is 0 Å². The maximum atomic E-state index is 13.3. The number of rotatable bonds is 4. The van der Waals surface area contributed by atoms with Gasteiger partial charge in [0.25, 0.3) is 5.91 Å². The van der Waals surface area contributed by atoms with Crippen LogP contribution in [0.15, 0.2) is 18.2 Å². The number of benzene rings is 1. The van der Waals surface area contributed by atoms with Crippen LogP contribution in [0.2, 0.25) is 0 Å². The van der Waals surface area contributed by atoms with Crippen molar-refractivity contribution in [3.8, 4) is 0 Å². The van der Waals surface area contributed by atoms with E-state index in [-0.39, 0.29) is 12.1 Å². The van der Waals surface area contributed by atoms with E-state index in [0.29, 0.717) is 18.9 Å². The fraction of sp³-hybridized carbons (Fsp3) is 0.333. The van der Waals surface area contributed by atoms with Gasteiger partial charge in [-0.15, -0.1) is 0 Å². The summed E-state index contributed by atoms with van der Waals surface area (Å²) in [5, 5.41) is 11.3. The lowest BCUT2D eigenvalue weighted by Gasteiger charge is -2.11. The third kappa shape index (κ3) is 2.32. The van der Waals surface area contributed by atoms with Crippen LogP contribution in [0.4, 0.5) is 8.78 Å². The molecule has 0 radical (unpaired) electrons. The Hall–Kier alpha value is -1.98. The molecule has 0 aromatic heterocycles. The molecule has 1 aliphatic carbocycles. The zero-order valence-corrected chi connectivity index (χ0v) is 9.37. The van der Waals surface area contributed by atoms with Gasteiger partial charge in [-0.2, -0.15) is 0 Å². The molecule has 6 heteroatoms. The smallest absolute Gasteiger partial charge is 0.311 e. The Kier molecular flexibility index (Phi) is 3.02. The lowest BCUT2D eigenvalue weighted by Crippen LogP contribution is -2.34. The van der Waals surface area contributed by atoms with Gasteiger partial charge in [0.1, 0.15) is 11.6 Å². The van der Waals surface area contributed by atoms with Crippen LogP contribution in [-0.2, 0) is 4.79 Å². The van der Waals surface area contributed by atoms with Gasteiger partial charge < -0.3 is 10.4 Å². The molecule has 0 spiro atoms. The van der Waals surface area contributed by atoms with Gasteiger partial charge in [-0.05, 0) is 25.0 Å². The monoisotopic (exact) mass is 255 g/mol. The topological polar surface area (TPSA) is 66.4 Å². The summed E-state index contributed by atoms with van der Waals surface area (Å²) in [6.45, 7) is -0.0437. The number of halogens is 2. The van der Waals surface area contributed by atoms with E-state index in [2.05, 4.69) is 5.32 Å². The number of carbonyl (C=O) groups is 2. The first-order valence-corrected chi connectivity index (χ1v) is 5.41. The van der Waals surface area contributed by atoms with E-state index in [0.717, 1.165) is 12.1 Å². The lowest BCUT2D eigenvalue weighted by atomic mass is 10.1. The van der Waals surface area contributed by atoms with Gasteiger partial charge in [-0.25, -0.2) is 8.78 Å². The molecule has 18 heavy (non-hydrogen) atoms. The molecule has 0 heterocycles. The second-order valence-corrected chi connectivity index (χ2v) is 4.39. The van der Waals surface area contributed by atoms with Crippen molar-refractivity contribution in [3.05, 3.63) is 35.4 Å². The predicted octanol–water partition coefficient (Wildman–Crippen LogP) is 1.56. The summed E-state index contributed by atoms with van der Waals surface area (Å²) in [7, 11) is 0. The van der Waals surface area contributed by atoms with Crippen LogP contribution < -0.4 is 5.32 Å². The summed E-state index contributed by atoms with van der Waals surface area (Å²) in [6, 6.07) is 2.61. The van der Waals surface area contributed by atoms with E-state index in [4.69, 9.17) is 5.11 Å². The standard InChI is InChI=1S/C12H11F2NO3/c13-7-1-2-8(9(14)5-7)10(16)15-6-12(3-4-12)11(17)18/h1-2,5H,3-4,6H2,(H,15,16)(H,17,18). The molecule has 0 unspecified atom stereocenters. The Labute approximate surface area is 102 Å². The fourth-order valence-electron chi connectivity index (χ4n) is 1.64. The van der Waals surface area contributed by atoms with Crippen LogP contribution in [0.5, 0.6) is 0 Å². The second kappa shape index (κ2) is 4.36. The van der Waals surface area contributed by atoms with Gasteiger partial charge in [0.2, 0.25) is 0 Å². The Balaban J connectivity index is 2.02. The predicted molar refractivity (Wildman–Crippen MR) is 58.0 cm³/mol. The maximum absolute atomic E-state index is 13.3. The average molecular weight is 255 g/mol. The number of aliphatic carboxylic acids is 1. The number of carboxylic acid groups (broad SMARTS) is 1. The van der Waals surface area contributed by atoms with E-state index in [1.807, 2.05) is 0 Å². The van der Waals surface area contributed by atoms with E-state index < -0.39 is 28.9 Å². The summed E-state index contributed by atoms with van der Waals surface area (Å²) >= 11 is 0. The van der Waals surface area contributed by atoms with Crippen LogP contribution in [0.3, 0.4) is 0 Å². The van der Waals surface area contributed by atoms with Crippen molar-refractivity contribution in [1.29, 1.82) is 0 Å². The molecule has 1 aromatic carbocycles. The maximum Gasteiger partial charge on any atom is 0.311 e. The molecule has 1 amide bonds. The van der Waals surface area contributed by atoms with Crippen molar-refractivity contribution in [2.75, 3.05) is 6.54 Å². The lowest BCUT2D eigenvalue weighted by molar-refractivity contribution is -0.143. The van der Waals surface area contributed by atoms with E-state index in [1.54, 1.807) is 0 Å². The Morgan fingerprint density at radius 2 is 2.00 bits per heavy atom. The van der Waals surface area contributed by atoms with Gasteiger partial charge in [0, 0.05) is 12.6 Å². The van der Waals surface area contributed by atoms with Crippen LogP contribution >= 0.6 is 0 Å². The summed E-state index contributed by atoms with van der Waals surface area (Å²) in [4.78, 5) is 22.5. The Morgan fingerprint density at radius 1 is 1.33 bits per heavy atom. The second-order valence-electron chi connectivity index (χ2n) is 4.39. The minimum absolute atomic E-state index is 0.0437. The van der Waals surface area contributed by atoms with Crippen molar-refractivity contribution in [2.45, 2.75) is 12.8 Å². The molecule has 0 aliphatic heterocycles. The molecule has 1 fully saturated rings. The highest BCUT2D eigenvalue weighted by Crippen LogP contribution is 2.45. The zero-order valence-electron chi connectivity index (χ0n) is 9.37. The zero-order chi connectivity index (χ0) is 13.3. The Morgan fingerprint density at radius 3 is 2.50 bits per heavy atom. The minimum atomic E-state index is -0.970. The van der Waals surface area contributed by atoms with Crippen molar-refractivity contribution in [2.24, 2.45) is 5.41 Å². The van der Waals surface area contributed by atoms with Crippen molar-refractivity contribution in [3.63, 3.8) is 0 Å². The Bertz CT molecular complexity index is 512. The highest BCUT2D eigenvalue weighted by Gasteiger charge is 2.50. The highest BCUT2D eigenvalue weighted by atomic mass is 19.1. The molecular formula is C12H11F2NO3. The number of hydrogen-bond acceptors (Lipinski definition) is 2. The van der Waals surface area contributed by atoms with Crippen molar-refractivity contribution >= 4 is 11.9 Å². The molecular weight excluding hydrogens is 244 g/mol. The fourth-order valence-corrected chi connectivity index (χ4v) is 1.64. The summed E-state index contributed by atoms with van der Waals surface area (Å²) in [5.41, 5.74) is -1.20. The molecule has 0 atom stereocenters. The van der Waals surface area contributed by atoms with Crippen LogP contribution in [-0.4, -0.2) is 23.5 Å². The molecule has 1 aromatic rings. The number of carbonyl (C=O) groups excluding carboxylic acids is 1. The molecule has 1 saturated carbocycles. The molecule has 0 bridgehead atoms. The number of carboxylic acids is 1. The van der Waals surface area contributed by atoms with Gasteiger partial charge >= 0.3 is 5.97 Å². The first-order chi connectivity index (χ1) is 8.44. The van der Waals surface area contributed by atoms with E-state index >= 15 is 0 Å². The van der Waals surface area contributed by atoms with Crippen LogP contribution in [0.25, 0.3) is 0 Å². The molecule has 2 rings (SSSR count). The van der Waals surface area contributed by atoms with Crippen molar-refractivity contribution in [1.82, 2.24) is 5.32 Å². The molecule has 1 aliphatic rings. The molecule has 0 saturated heterocycles. The third-order valence-corrected chi connectivity index (χ3v) is 3.07. The van der Waals surface area contributed by atoms with Gasteiger partial charge in [-0.1, -0.05) is 0 Å². The molecule has 96 valence electrons. The van der Waals surface area contributed by atoms with Crippen LogP contribution in [0.1, 0.15) is 23.2 Å². The number of nitrogens with one attached hydrogen (secondary N) is 1. The molecule has 4 nitrogen and oxygen atoms in total. The largest absolute Gasteiger partial charge is 0.481 e. The summed E-state index contributed by atoms with van der Waals surface area (Å²) in [6.07, 6.45) is 0.989. The SMILES string of the molecule is O=C(NCC1(C(=O)O)CC1)c1ccc(F)cc1F. The normalized spacial score (nSPS) is 16.1. The first kappa shape index (κ1) is 12.5.